The van der Waals surface area contributed by atoms with E-state index in [1.54, 1.807) is 6.07 Å². The van der Waals surface area contributed by atoms with Crippen LogP contribution in [-0.4, -0.2) is 41.8 Å². The minimum atomic E-state index is -0.866. The van der Waals surface area contributed by atoms with Crippen molar-refractivity contribution in [2.75, 3.05) is 7.11 Å². The first-order chi connectivity index (χ1) is 23.3. The number of hydrogen-bond donors (Lipinski definition) is 0. The Morgan fingerprint density at radius 1 is 0.880 bits per heavy atom. The van der Waals surface area contributed by atoms with Crippen LogP contribution in [0.2, 0.25) is 0 Å². The van der Waals surface area contributed by atoms with Crippen molar-refractivity contribution >= 4 is 29.3 Å². The van der Waals surface area contributed by atoms with Gasteiger partial charge in [-0.25, -0.2) is 4.79 Å². The van der Waals surface area contributed by atoms with Gasteiger partial charge in [0.05, 0.1) is 23.2 Å². The van der Waals surface area contributed by atoms with Crippen molar-refractivity contribution in [1.29, 1.82) is 0 Å². The summed E-state index contributed by atoms with van der Waals surface area (Å²) >= 11 is 0. The summed E-state index contributed by atoms with van der Waals surface area (Å²) in [5.41, 5.74) is -1.12. The second-order valence-electron chi connectivity index (χ2n) is 18.5. The maximum atomic E-state index is 13.9. The van der Waals surface area contributed by atoms with Gasteiger partial charge in [0, 0.05) is 24.3 Å². The zero-order valence-corrected chi connectivity index (χ0v) is 31.4. The van der Waals surface area contributed by atoms with E-state index < -0.39 is 16.3 Å². The first kappa shape index (κ1) is 36.5. The molecule has 0 aliphatic heterocycles. The van der Waals surface area contributed by atoms with Crippen LogP contribution in [0.4, 0.5) is 5.69 Å². The van der Waals surface area contributed by atoms with E-state index in [0.717, 1.165) is 63.5 Å². The van der Waals surface area contributed by atoms with Crippen LogP contribution >= 0.6 is 0 Å². The second-order valence-corrected chi connectivity index (χ2v) is 18.5. The van der Waals surface area contributed by atoms with Crippen molar-refractivity contribution in [2.45, 2.75) is 126 Å². The third-order valence-electron chi connectivity index (χ3n) is 15.4. The van der Waals surface area contributed by atoms with Gasteiger partial charge in [-0.3, -0.25) is 19.7 Å². The third kappa shape index (κ3) is 5.32. The Morgan fingerprint density at radius 3 is 2.22 bits per heavy atom. The fourth-order valence-corrected chi connectivity index (χ4v) is 12.7. The topological polar surface area (TPSA) is 134 Å². The highest BCUT2D eigenvalue weighted by atomic mass is 16.7. The van der Waals surface area contributed by atoms with E-state index in [0.29, 0.717) is 6.42 Å². The van der Waals surface area contributed by atoms with E-state index in [9.17, 15) is 24.5 Å². The van der Waals surface area contributed by atoms with E-state index in [1.807, 2.05) is 0 Å². The molecule has 1 aromatic rings. The SMILES string of the molecule is COC(=O)[C@]12CCC(C)(C)C[C@H]1[C@H]1/C(=N/OC(=O)c3ccccc3[N+](=O)[O-])C[C@@H]3[C@@]4(C)CC[C@H](OC(C)=O)C(C)(C)[C@@H]4CC[C@@]3(C)[C@]1(C)CC2. The summed E-state index contributed by atoms with van der Waals surface area (Å²) in [7, 11) is 1.49. The van der Waals surface area contributed by atoms with Crippen LogP contribution in [0.5, 0.6) is 0 Å². The molecule has 0 aromatic heterocycles. The van der Waals surface area contributed by atoms with Gasteiger partial charge in [-0.05, 0) is 110 Å². The van der Waals surface area contributed by atoms with Crippen LogP contribution in [0.3, 0.4) is 0 Å². The molecule has 10 heteroatoms. The van der Waals surface area contributed by atoms with Crippen molar-refractivity contribution in [3.63, 3.8) is 0 Å². The number of rotatable bonds is 5. The fraction of sp³-hybridized carbons (Fsp3) is 0.750. The molecule has 1 aromatic carbocycles. The number of para-hydroxylation sites is 1. The summed E-state index contributed by atoms with van der Waals surface area (Å²) in [5, 5.41) is 16.5. The van der Waals surface area contributed by atoms with Crippen molar-refractivity contribution in [1.82, 2.24) is 0 Å². The number of esters is 2. The molecule has 0 spiro atoms. The van der Waals surface area contributed by atoms with Crippen molar-refractivity contribution in [3.05, 3.63) is 39.9 Å². The van der Waals surface area contributed by atoms with Crippen molar-refractivity contribution in [3.8, 4) is 0 Å². The lowest BCUT2D eigenvalue weighted by atomic mass is 9.31. The number of benzene rings is 1. The lowest BCUT2D eigenvalue weighted by Crippen LogP contribution is -2.70. The molecule has 0 unspecified atom stereocenters. The molecule has 5 fully saturated rings. The zero-order chi connectivity index (χ0) is 36.7. The van der Waals surface area contributed by atoms with Crippen molar-refractivity contribution in [2.24, 2.45) is 61.3 Å². The molecule has 6 rings (SSSR count). The van der Waals surface area contributed by atoms with Crippen LogP contribution in [0.15, 0.2) is 29.4 Å². The molecular weight excluding hydrogens is 636 g/mol. The number of methoxy groups -OCH3 is 1. The van der Waals surface area contributed by atoms with Crippen LogP contribution in [0.1, 0.15) is 130 Å². The van der Waals surface area contributed by atoms with Gasteiger partial charge in [-0.2, -0.15) is 0 Å². The monoisotopic (exact) mass is 692 g/mol. The van der Waals surface area contributed by atoms with E-state index in [-0.39, 0.29) is 80.0 Å². The molecule has 10 nitrogen and oxygen atoms in total. The minimum absolute atomic E-state index is 0.00656. The number of nitro groups is 1. The van der Waals surface area contributed by atoms with Crippen LogP contribution in [-0.2, 0) is 23.9 Å². The van der Waals surface area contributed by atoms with Gasteiger partial charge in [-0.15, -0.1) is 0 Å². The molecule has 0 N–H and O–H groups in total. The molecule has 50 heavy (non-hydrogen) atoms. The summed E-state index contributed by atoms with van der Waals surface area (Å²) in [6.07, 6.45) is 8.11. The van der Waals surface area contributed by atoms with Gasteiger partial charge in [-0.1, -0.05) is 65.8 Å². The molecule has 5 aliphatic carbocycles. The van der Waals surface area contributed by atoms with Gasteiger partial charge in [0.1, 0.15) is 11.7 Å². The average molecular weight is 693 g/mol. The second kappa shape index (κ2) is 12.1. The predicted octanol–water partition coefficient (Wildman–Crippen LogP) is 8.70. The summed E-state index contributed by atoms with van der Waals surface area (Å²) < 4.78 is 11.5. The molecule has 0 saturated heterocycles. The number of nitrogens with zero attached hydrogens (tertiary/aromatic N) is 2. The maximum Gasteiger partial charge on any atom is 0.372 e. The Hall–Kier alpha value is -3.30. The number of hydrogen-bond acceptors (Lipinski definition) is 9. The molecule has 5 aliphatic rings. The number of carbonyl (C=O) groups excluding carboxylic acids is 3. The largest absolute Gasteiger partial charge is 0.469 e. The summed E-state index contributed by atoms with van der Waals surface area (Å²) in [4.78, 5) is 56.6. The Kier molecular flexibility index (Phi) is 8.87. The van der Waals surface area contributed by atoms with Crippen LogP contribution in [0.25, 0.3) is 0 Å². The van der Waals surface area contributed by atoms with Crippen LogP contribution in [0, 0.1) is 66.3 Å². The van der Waals surface area contributed by atoms with E-state index in [4.69, 9.17) is 19.5 Å². The van der Waals surface area contributed by atoms with E-state index in [1.165, 1.54) is 32.2 Å². The zero-order valence-electron chi connectivity index (χ0n) is 31.4. The molecule has 5 saturated carbocycles. The highest BCUT2D eigenvalue weighted by Gasteiger charge is 2.73. The molecular formula is C40H56N2O8. The summed E-state index contributed by atoms with van der Waals surface area (Å²) in [6, 6.07) is 5.78. The van der Waals surface area contributed by atoms with Gasteiger partial charge >= 0.3 is 17.9 Å². The highest BCUT2D eigenvalue weighted by molar-refractivity contribution is 5.95. The summed E-state index contributed by atoms with van der Waals surface area (Å²) in [5.74, 6) is -1.03. The first-order valence-corrected chi connectivity index (χ1v) is 18.5. The minimum Gasteiger partial charge on any atom is -0.469 e. The normalized spacial score (nSPS) is 40.6. The van der Waals surface area contributed by atoms with Gasteiger partial charge in [0.15, 0.2) is 0 Å². The van der Waals surface area contributed by atoms with Crippen LogP contribution < -0.4 is 0 Å². The molecule has 0 amide bonds. The molecule has 9 atom stereocenters. The van der Waals surface area contributed by atoms with E-state index >= 15 is 0 Å². The quantitative estimate of drug-likeness (QED) is 0.129. The smallest absolute Gasteiger partial charge is 0.372 e. The van der Waals surface area contributed by atoms with Crippen molar-refractivity contribution < 1.29 is 33.6 Å². The number of ether oxygens (including phenoxy) is 2. The Bertz CT molecular complexity index is 1620. The van der Waals surface area contributed by atoms with Gasteiger partial charge in [0.2, 0.25) is 0 Å². The fourth-order valence-electron chi connectivity index (χ4n) is 12.7. The third-order valence-corrected chi connectivity index (χ3v) is 15.4. The Morgan fingerprint density at radius 2 is 1.56 bits per heavy atom. The maximum absolute atomic E-state index is 13.9. The summed E-state index contributed by atoms with van der Waals surface area (Å²) in [6.45, 7) is 17.8. The number of carbonyl (C=O) groups is 3. The Labute approximate surface area is 296 Å². The molecule has 0 radical (unpaired) electrons. The molecule has 0 bridgehead atoms. The molecule has 274 valence electrons. The first-order valence-electron chi connectivity index (χ1n) is 18.5. The molecule has 0 heterocycles. The standard InChI is InChI=1S/C40H56N2O8/c1-24(43)49-31-15-16-37(6)29(36(31,4)5)14-17-38(7)30(37)22-27(41-50-33(44)25-12-10-11-13-28(25)42(46)47)32-26-23-35(2,3)18-20-40(26,34(45)48-9)21-19-39(32,38)8/h10-13,26,29-32H,14-23H2,1-9H3/b41-27+/t26-,29-,30+,31-,32-,37-,38+,39+,40-/m0/s1. The number of nitro benzene ring substituents is 1. The number of fused-ring (bicyclic) bond motifs is 7. The highest BCUT2D eigenvalue weighted by Crippen LogP contribution is 2.76. The lowest BCUT2D eigenvalue weighted by Gasteiger charge is -2.73. The van der Waals surface area contributed by atoms with E-state index in [2.05, 4.69) is 48.5 Å². The lowest BCUT2D eigenvalue weighted by molar-refractivity contribution is -0.385. The Balaban J connectivity index is 1.48. The van der Waals surface area contributed by atoms with Gasteiger partial charge in [0.25, 0.3) is 5.69 Å². The number of oxime groups is 1. The predicted molar refractivity (Wildman–Crippen MR) is 188 cm³/mol. The van der Waals surface area contributed by atoms with Gasteiger partial charge < -0.3 is 14.3 Å². The average Bonchev–Trinajstić information content (AvgIpc) is 3.04.